The lowest BCUT2D eigenvalue weighted by molar-refractivity contribution is -1.05. The van der Waals surface area contributed by atoms with Crippen LogP contribution in [0.25, 0.3) is 0 Å². The Labute approximate surface area is 43.3 Å². The lowest BCUT2D eigenvalue weighted by Gasteiger charge is -2.14. The Kier molecular flexibility index (Phi) is 1.61. The van der Waals surface area contributed by atoms with E-state index >= 15 is 0 Å². The molecule has 7 heavy (non-hydrogen) atoms. The molecule has 0 heterocycles. The molecule has 0 spiro atoms. The highest BCUT2D eigenvalue weighted by molar-refractivity contribution is 4.37. The molecular weight excluding hydrogens is 92.1 g/mol. The first-order chi connectivity index (χ1) is 3.06. The van der Waals surface area contributed by atoms with Crippen LogP contribution in [-0.2, 0) is 4.84 Å². The maximum absolute atomic E-state index is 7.91. The van der Waals surface area contributed by atoms with Crippen molar-refractivity contribution in [1.29, 1.82) is 5.26 Å². The van der Waals surface area contributed by atoms with Gasteiger partial charge in [0.05, 0.1) is 0 Å². The van der Waals surface area contributed by atoms with Crippen LogP contribution in [0.4, 0.5) is 0 Å². The van der Waals surface area contributed by atoms with Crippen LogP contribution in [0.3, 0.4) is 0 Å². The van der Waals surface area contributed by atoms with Crippen molar-refractivity contribution in [3.05, 3.63) is 0 Å². The fourth-order valence-electron chi connectivity index (χ4n) is 0.122. The molecule has 0 aliphatic rings. The van der Waals surface area contributed by atoms with Crippen LogP contribution in [-0.4, -0.2) is 25.8 Å². The minimum absolute atomic E-state index is 0.233. The lowest BCUT2D eigenvalue weighted by Crippen LogP contribution is -2.32. The van der Waals surface area contributed by atoms with Gasteiger partial charge in [0.25, 0.3) is 0 Å². The SMILES string of the molecule is C[N+](C)(C)OC#N. The second-order valence-corrected chi connectivity index (χ2v) is 2.07. The van der Waals surface area contributed by atoms with Gasteiger partial charge in [-0.3, -0.25) is 0 Å². The summed E-state index contributed by atoms with van der Waals surface area (Å²) >= 11 is 0. The van der Waals surface area contributed by atoms with E-state index in [9.17, 15) is 0 Å². The van der Waals surface area contributed by atoms with Gasteiger partial charge in [0, 0.05) is 0 Å². The number of rotatable bonds is 1. The second-order valence-electron chi connectivity index (χ2n) is 2.07. The van der Waals surface area contributed by atoms with Crippen LogP contribution in [0, 0.1) is 11.5 Å². The van der Waals surface area contributed by atoms with Crippen molar-refractivity contribution < 1.29 is 9.48 Å². The Morgan fingerprint density at radius 1 is 1.43 bits per heavy atom. The molecule has 0 aromatic rings. The number of nitrogens with zero attached hydrogens (tertiary/aromatic N) is 2. The average molecular weight is 101 g/mol. The third-order valence-electron chi connectivity index (χ3n) is 0.315. The summed E-state index contributed by atoms with van der Waals surface area (Å²) < 4.78 is 0.233. The van der Waals surface area contributed by atoms with E-state index in [0.29, 0.717) is 0 Å². The first kappa shape index (κ1) is 6.25. The molecule has 40 valence electrons. The molecule has 3 nitrogen and oxygen atoms in total. The van der Waals surface area contributed by atoms with Gasteiger partial charge in [0.2, 0.25) is 0 Å². The molecule has 0 radical (unpaired) electrons. The molecule has 3 heteroatoms. The first-order valence-electron chi connectivity index (χ1n) is 1.95. The van der Waals surface area contributed by atoms with Crippen LogP contribution in [0.2, 0.25) is 0 Å². The second kappa shape index (κ2) is 1.80. The van der Waals surface area contributed by atoms with E-state index in [4.69, 9.17) is 5.26 Å². The highest BCUT2D eigenvalue weighted by atomic mass is 16.7. The van der Waals surface area contributed by atoms with Crippen molar-refractivity contribution in [3.63, 3.8) is 0 Å². The number of quaternary nitrogens is 1. The van der Waals surface area contributed by atoms with Gasteiger partial charge >= 0.3 is 6.26 Å². The Morgan fingerprint density at radius 3 is 1.86 bits per heavy atom. The molecule has 0 fully saturated rings. The van der Waals surface area contributed by atoms with E-state index in [1.54, 1.807) is 27.4 Å². The quantitative estimate of drug-likeness (QED) is 0.267. The molecule has 0 atom stereocenters. The van der Waals surface area contributed by atoms with Gasteiger partial charge in [-0.2, -0.15) is 0 Å². The fourth-order valence-corrected chi connectivity index (χ4v) is 0.122. The van der Waals surface area contributed by atoms with Crippen LogP contribution < -0.4 is 0 Å². The normalized spacial score (nSPS) is 10.0. The standard InChI is InChI=1S/C4H9N2O/c1-6(2,3)7-4-5/h1-3H3/q+1. The first-order valence-corrected chi connectivity index (χ1v) is 1.95. The summed E-state index contributed by atoms with van der Waals surface area (Å²) in [7, 11) is 5.30. The van der Waals surface area contributed by atoms with Gasteiger partial charge in [-0.1, -0.05) is 0 Å². The minimum Gasteiger partial charge on any atom is -0.234 e. The smallest absolute Gasteiger partial charge is 0.234 e. The Hall–Kier alpha value is -0.750. The number of nitriles is 1. The summed E-state index contributed by atoms with van der Waals surface area (Å²) in [6.07, 6.45) is 1.58. The van der Waals surface area contributed by atoms with Crippen LogP contribution in [0.1, 0.15) is 0 Å². The summed E-state index contributed by atoms with van der Waals surface area (Å²) in [4.78, 5) is 4.47. The summed E-state index contributed by atoms with van der Waals surface area (Å²) in [6.45, 7) is 0. The average Bonchev–Trinajstić information content (AvgIpc) is 1.30. The molecule has 0 bridgehead atoms. The van der Waals surface area contributed by atoms with Crippen LogP contribution in [0.15, 0.2) is 0 Å². The Balaban J connectivity index is 3.40. The summed E-state index contributed by atoms with van der Waals surface area (Å²) in [6, 6.07) is 0. The maximum Gasteiger partial charge on any atom is 0.351 e. The lowest BCUT2D eigenvalue weighted by atomic mass is 10.9. The van der Waals surface area contributed by atoms with E-state index in [0.717, 1.165) is 0 Å². The topological polar surface area (TPSA) is 33.0 Å². The number of hydrogen-bond donors (Lipinski definition) is 0. The van der Waals surface area contributed by atoms with Crippen molar-refractivity contribution in [1.82, 2.24) is 0 Å². The molecule has 0 saturated carbocycles. The van der Waals surface area contributed by atoms with Gasteiger partial charge in [-0.05, 0) is 0 Å². The molecule has 0 saturated heterocycles. The monoisotopic (exact) mass is 101 g/mol. The summed E-state index contributed by atoms with van der Waals surface area (Å²) in [5, 5.41) is 7.91. The molecule has 0 rings (SSSR count). The van der Waals surface area contributed by atoms with E-state index in [2.05, 4.69) is 4.84 Å². The molecule has 0 aromatic heterocycles. The van der Waals surface area contributed by atoms with E-state index in [-0.39, 0.29) is 4.65 Å². The molecule has 0 amide bonds. The predicted octanol–water partition coefficient (Wildman–Crippen LogP) is 0.105. The van der Waals surface area contributed by atoms with Gasteiger partial charge in [-0.15, -0.1) is 9.91 Å². The van der Waals surface area contributed by atoms with Gasteiger partial charge < -0.3 is 0 Å². The molecular formula is C4H9N2O+. The Bertz CT molecular complexity index is 86.8. The van der Waals surface area contributed by atoms with Crippen molar-refractivity contribution in [2.45, 2.75) is 0 Å². The van der Waals surface area contributed by atoms with Gasteiger partial charge in [-0.25, -0.2) is 4.84 Å². The van der Waals surface area contributed by atoms with E-state index in [1.807, 2.05) is 0 Å². The van der Waals surface area contributed by atoms with Crippen molar-refractivity contribution in [2.75, 3.05) is 21.1 Å². The van der Waals surface area contributed by atoms with Crippen molar-refractivity contribution in [3.8, 4) is 6.26 Å². The third-order valence-corrected chi connectivity index (χ3v) is 0.315. The van der Waals surface area contributed by atoms with Gasteiger partial charge in [0.15, 0.2) is 0 Å². The number of hydrogen-bond acceptors (Lipinski definition) is 2. The largest absolute Gasteiger partial charge is 0.351 e. The minimum atomic E-state index is 0.233. The summed E-state index contributed by atoms with van der Waals surface area (Å²) in [5.41, 5.74) is 0. The molecule has 0 aliphatic heterocycles. The third kappa shape index (κ3) is 5.25. The van der Waals surface area contributed by atoms with Gasteiger partial charge in [0.1, 0.15) is 21.1 Å². The molecule has 0 N–H and O–H groups in total. The molecule has 0 unspecified atom stereocenters. The maximum atomic E-state index is 7.91. The van der Waals surface area contributed by atoms with E-state index in [1.165, 1.54) is 0 Å². The molecule has 0 aromatic carbocycles. The van der Waals surface area contributed by atoms with Crippen LogP contribution in [0.5, 0.6) is 0 Å². The van der Waals surface area contributed by atoms with Crippen LogP contribution >= 0.6 is 0 Å². The number of hydroxylamine groups is 3. The van der Waals surface area contributed by atoms with Crippen molar-refractivity contribution >= 4 is 0 Å². The van der Waals surface area contributed by atoms with E-state index < -0.39 is 0 Å². The zero-order chi connectivity index (χ0) is 5.91. The highest BCUT2D eigenvalue weighted by Crippen LogP contribution is 1.86. The predicted molar refractivity (Wildman–Crippen MR) is 24.7 cm³/mol. The zero-order valence-corrected chi connectivity index (χ0v) is 4.80. The molecule has 0 aliphatic carbocycles. The van der Waals surface area contributed by atoms with Crippen molar-refractivity contribution in [2.24, 2.45) is 0 Å². The summed E-state index contributed by atoms with van der Waals surface area (Å²) in [5.74, 6) is 0. The Morgan fingerprint density at radius 2 is 1.86 bits per heavy atom. The highest BCUT2D eigenvalue weighted by Gasteiger charge is 2.04. The zero-order valence-electron chi connectivity index (χ0n) is 4.80. The fraction of sp³-hybridized carbons (Fsp3) is 0.750.